The minimum absolute atomic E-state index is 0. The molecule has 3 fully saturated rings. The van der Waals surface area contributed by atoms with E-state index in [1.807, 2.05) is 7.11 Å². The molecule has 4 aliphatic rings. The number of benzene rings is 1. The number of halogens is 1. The number of hydrogen-bond donors (Lipinski definition) is 0. The first-order valence-corrected chi connectivity index (χ1v) is 14.3. The van der Waals surface area contributed by atoms with E-state index in [1.54, 1.807) is 12.7 Å². The standard InChI is InChI=1S/C30H47N3O2.ClH/c1-34-23-22-31-18-20-33(21-19-31)29-7-6-26(32-16-10-27(35-2)11-17-32)24-28(29)25-8-14-30(15-9-25)12-4-3-5-13-30;/h6-8,24,27H,3-5,9-23H2,1-2H3;1H. The summed E-state index contributed by atoms with van der Waals surface area (Å²) in [7, 11) is 3.66. The van der Waals surface area contributed by atoms with Gasteiger partial charge in [-0.1, -0.05) is 25.3 Å². The zero-order valence-electron chi connectivity index (χ0n) is 22.7. The van der Waals surface area contributed by atoms with Crippen molar-refractivity contribution in [2.24, 2.45) is 5.41 Å². The van der Waals surface area contributed by atoms with Crippen molar-refractivity contribution in [3.05, 3.63) is 29.8 Å². The van der Waals surface area contributed by atoms with Gasteiger partial charge in [0, 0.05) is 77.0 Å². The van der Waals surface area contributed by atoms with Crippen LogP contribution in [0.3, 0.4) is 0 Å². The molecule has 6 heteroatoms. The molecule has 36 heavy (non-hydrogen) atoms. The molecule has 2 aliphatic carbocycles. The Morgan fingerprint density at radius 1 is 0.889 bits per heavy atom. The molecule has 1 aromatic carbocycles. The Bertz CT molecular complexity index is 854. The molecular formula is C30H48ClN3O2. The number of piperidine rings is 1. The van der Waals surface area contributed by atoms with Gasteiger partial charge in [0.25, 0.3) is 0 Å². The summed E-state index contributed by atoms with van der Waals surface area (Å²) in [6, 6.07) is 7.35. The number of methoxy groups -OCH3 is 2. The van der Waals surface area contributed by atoms with Gasteiger partial charge in [-0.05, 0) is 74.1 Å². The fourth-order valence-corrected chi connectivity index (χ4v) is 6.98. The highest BCUT2D eigenvalue weighted by atomic mass is 35.5. The summed E-state index contributed by atoms with van der Waals surface area (Å²) in [5.41, 5.74) is 6.57. The maximum atomic E-state index is 5.63. The van der Waals surface area contributed by atoms with Crippen LogP contribution in [0.5, 0.6) is 0 Å². The average Bonchev–Trinajstić information content (AvgIpc) is 2.93. The van der Waals surface area contributed by atoms with Crippen LogP contribution < -0.4 is 9.80 Å². The van der Waals surface area contributed by atoms with Crippen LogP contribution in [0.4, 0.5) is 11.4 Å². The highest BCUT2D eigenvalue weighted by Crippen LogP contribution is 2.49. The van der Waals surface area contributed by atoms with Gasteiger partial charge in [0.05, 0.1) is 12.7 Å². The quantitative estimate of drug-likeness (QED) is 0.441. The molecule has 1 saturated carbocycles. The van der Waals surface area contributed by atoms with E-state index < -0.39 is 0 Å². The lowest BCUT2D eigenvalue weighted by atomic mass is 9.65. The molecule has 0 radical (unpaired) electrons. The lowest BCUT2D eigenvalue weighted by molar-refractivity contribution is 0.0819. The van der Waals surface area contributed by atoms with Crippen molar-refractivity contribution < 1.29 is 9.47 Å². The Labute approximate surface area is 225 Å². The van der Waals surface area contributed by atoms with Crippen LogP contribution in [0.25, 0.3) is 5.57 Å². The van der Waals surface area contributed by atoms with E-state index in [1.165, 1.54) is 68.3 Å². The van der Waals surface area contributed by atoms with Gasteiger partial charge in [0.2, 0.25) is 0 Å². The lowest BCUT2D eigenvalue weighted by Gasteiger charge is -2.41. The summed E-state index contributed by atoms with van der Waals surface area (Å²) in [4.78, 5) is 7.77. The lowest BCUT2D eigenvalue weighted by Crippen LogP contribution is -2.47. The van der Waals surface area contributed by atoms with Crippen LogP contribution in [0.2, 0.25) is 0 Å². The van der Waals surface area contributed by atoms with Crippen molar-refractivity contribution in [1.29, 1.82) is 0 Å². The molecule has 1 aromatic rings. The second kappa shape index (κ2) is 13.0. The Morgan fingerprint density at radius 2 is 1.64 bits per heavy atom. The number of allylic oxidation sites excluding steroid dienone is 2. The van der Waals surface area contributed by atoms with Crippen molar-refractivity contribution in [2.75, 3.05) is 76.4 Å². The monoisotopic (exact) mass is 517 g/mol. The number of anilines is 2. The second-order valence-electron chi connectivity index (χ2n) is 11.4. The van der Waals surface area contributed by atoms with Gasteiger partial charge in [-0.15, -0.1) is 12.4 Å². The first-order valence-electron chi connectivity index (χ1n) is 14.3. The predicted octanol–water partition coefficient (Wildman–Crippen LogP) is 6.01. The van der Waals surface area contributed by atoms with E-state index in [9.17, 15) is 0 Å². The fourth-order valence-electron chi connectivity index (χ4n) is 6.98. The molecule has 0 atom stereocenters. The third-order valence-corrected chi connectivity index (χ3v) is 9.41. The molecule has 202 valence electrons. The molecule has 0 N–H and O–H groups in total. The number of piperazine rings is 1. The van der Waals surface area contributed by atoms with Crippen molar-refractivity contribution in [1.82, 2.24) is 4.90 Å². The summed E-state index contributed by atoms with van der Waals surface area (Å²) in [5, 5.41) is 0. The smallest absolute Gasteiger partial charge is 0.0605 e. The van der Waals surface area contributed by atoms with E-state index in [-0.39, 0.29) is 12.4 Å². The van der Waals surface area contributed by atoms with Gasteiger partial charge in [-0.25, -0.2) is 0 Å². The molecule has 0 amide bonds. The number of rotatable bonds is 7. The summed E-state index contributed by atoms with van der Waals surface area (Å²) in [6.07, 6.45) is 16.5. The Kier molecular flexibility index (Phi) is 10.0. The number of ether oxygens (including phenoxy) is 2. The molecule has 5 nitrogen and oxygen atoms in total. The highest BCUT2D eigenvalue weighted by molar-refractivity contribution is 5.85. The van der Waals surface area contributed by atoms with Crippen molar-refractivity contribution >= 4 is 29.4 Å². The van der Waals surface area contributed by atoms with E-state index in [4.69, 9.17) is 9.47 Å². The molecule has 0 bridgehead atoms. The zero-order chi connectivity index (χ0) is 24.1. The van der Waals surface area contributed by atoms with E-state index in [2.05, 4.69) is 39.0 Å². The van der Waals surface area contributed by atoms with Crippen LogP contribution >= 0.6 is 12.4 Å². The molecule has 1 spiro atoms. The van der Waals surface area contributed by atoms with E-state index in [0.717, 1.165) is 65.3 Å². The number of hydrogen-bond acceptors (Lipinski definition) is 5. The van der Waals surface area contributed by atoms with Gasteiger partial charge >= 0.3 is 0 Å². The zero-order valence-corrected chi connectivity index (χ0v) is 23.5. The maximum Gasteiger partial charge on any atom is 0.0605 e. The Balaban J connectivity index is 0.00000304. The van der Waals surface area contributed by atoms with Gasteiger partial charge in [-0.2, -0.15) is 0 Å². The second-order valence-corrected chi connectivity index (χ2v) is 11.4. The van der Waals surface area contributed by atoms with Crippen LogP contribution in [-0.2, 0) is 9.47 Å². The van der Waals surface area contributed by atoms with Crippen molar-refractivity contribution in [2.45, 2.75) is 70.3 Å². The molecule has 2 heterocycles. The number of nitrogens with zero attached hydrogens (tertiary/aromatic N) is 3. The Morgan fingerprint density at radius 3 is 2.28 bits per heavy atom. The largest absolute Gasteiger partial charge is 0.383 e. The normalized spacial score (nSPS) is 23.4. The molecular weight excluding hydrogens is 470 g/mol. The summed E-state index contributed by atoms with van der Waals surface area (Å²) >= 11 is 0. The SMILES string of the molecule is COCCN1CCN(c2ccc(N3CCC(OC)CC3)cc2C2=CCC3(CCCCC3)CC2)CC1.Cl. The predicted molar refractivity (Wildman–Crippen MR) is 154 cm³/mol. The summed E-state index contributed by atoms with van der Waals surface area (Å²) in [6.45, 7) is 8.51. The molecule has 5 rings (SSSR count). The van der Waals surface area contributed by atoms with Gasteiger partial charge in [0.1, 0.15) is 0 Å². The van der Waals surface area contributed by atoms with Crippen LogP contribution in [0.1, 0.15) is 69.8 Å². The fraction of sp³-hybridized carbons (Fsp3) is 0.733. The van der Waals surface area contributed by atoms with Gasteiger partial charge in [0.15, 0.2) is 0 Å². The van der Waals surface area contributed by atoms with E-state index >= 15 is 0 Å². The summed E-state index contributed by atoms with van der Waals surface area (Å²) < 4.78 is 10.9. The van der Waals surface area contributed by atoms with Crippen molar-refractivity contribution in [3.8, 4) is 0 Å². The minimum Gasteiger partial charge on any atom is -0.383 e. The third-order valence-electron chi connectivity index (χ3n) is 9.41. The maximum absolute atomic E-state index is 5.63. The highest BCUT2D eigenvalue weighted by Gasteiger charge is 2.34. The topological polar surface area (TPSA) is 28.2 Å². The first-order chi connectivity index (χ1) is 17.2. The average molecular weight is 518 g/mol. The molecule has 0 unspecified atom stereocenters. The minimum atomic E-state index is 0. The third kappa shape index (κ3) is 6.40. The van der Waals surface area contributed by atoms with E-state index in [0.29, 0.717) is 11.5 Å². The first kappa shape index (κ1) is 27.8. The van der Waals surface area contributed by atoms with Crippen LogP contribution in [-0.4, -0.2) is 77.6 Å². The van der Waals surface area contributed by atoms with Gasteiger partial charge < -0.3 is 19.3 Å². The van der Waals surface area contributed by atoms with Crippen LogP contribution in [0, 0.1) is 5.41 Å². The van der Waals surface area contributed by atoms with Crippen LogP contribution in [0.15, 0.2) is 24.3 Å². The van der Waals surface area contributed by atoms with Gasteiger partial charge in [-0.3, -0.25) is 4.90 Å². The molecule has 2 saturated heterocycles. The van der Waals surface area contributed by atoms with Crippen molar-refractivity contribution in [3.63, 3.8) is 0 Å². The Hall–Kier alpha value is -1.27. The molecule has 0 aromatic heterocycles. The summed E-state index contributed by atoms with van der Waals surface area (Å²) in [5.74, 6) is 0. The molecule has 2 aliphatic heterocycles.